The summed E-state index contributed by atoms with van der Waals surface area (Å²) in [4.78, 5) is 2.05. The molecule has 0 radical (unpaired) electrons. The molecule has 3 atom stereocenters. The third-order valence-corrected chi connectivity index (χ3v) is 6.38. The van der Waals surface area contributed by atoms with Crippen LogP contribution in [0.4, 0.5) is 4.39 Å². The molecule has 27 heavy (non-hydrogen) atoms. The van der Waals surface area contributed by atoms with E-state index >= 15 is 0 Å². The van der Waals surface area contributed by atoms with Gasteiger partial charge in [-0.15, -0.1) is 0 Å². The summed E-state index contributed by atoms with van der Waals surface area (Å²) in [5.74, 6) is -0.212. The maximum absolute atomic E-state index is 14.6. The van der Waals surface area contributed by atoms with E-state index in [4.69, 9.17) is 11.6 Å². The van der Waals surface area contributed by atoms with Gasteiger partial charge in [0.2, 0.25) is 0 Å². The van der Waals surface area contributed by atoms with E-state index in [9.17, 15) is 9.50 Å². The number of hydrogen-bond acceptors (Lipinski definition) is 2. The quantitative estimate of drug-likeness (QED) is 0.691. The summed E-state index contributed by atoms with van der Waals surface area (Å²) in [5.41, 5.74) is 0.907. The molecule has 3 rings (SSSR count). The molecule has 4 heteroatoms. The van der Waals surface area contributed by atoms with Crippen molar-refractivity contribution in [3.05, 3.63) is 70.5 Å². The molecule has 1 N–H and O–H groups in total. The number of benzene rings is 2. The summed E-state index contributed by atoms with van der Waals surface area (Å²) < 4.78 is 14.6. The average Bonchev–Trinajstić information content (AvgIpc) is 2.64. The van der Waals surface area contributed by atoms with E-state index in [0.29, 0.717) is 12.0 Å². The van der Waals surface area contributed by atoms with Crippen LogP contribution in [0.25, 0.3) is 0 Å². The Morgan fingerprint density at radius 1 is 1.15 bits per heavy atom. The Morgan fingerprint density at radius 2 is 1.85 bits per heavy atom. The fourth-order valence-electron chi connectivity index (χ4n) is 4.63. The Morgan fingerprint density at radius 3 is 2.56 bits per heavy atom. The summed E-state index contributed by atoms with van der Waals surface area (Å²) in [6.45, 7) is 0. The molecule has 0 aromatic heterocycles. The van der Waals surface area contributed by atoms with Gasteiger partial charge in [-0.05, 0) is 57.5 Å². The smallest absolute Gasteiger partial charge is 0.127 e. The largest absolute Gasteiger partial charge is 0.390 e. The maximum Gasteiger partial charge on any atom is 0.127 e. The van der Waals surface area contributed by atoms with Crippen LogP contribution < -0.4 is 0 Å². The lowest BCUT2D eigenvalue weighted by Crippen LogP contribution is -2.47. The molecule has 146 valence electrons. The van der Waals surface area contributed by atoms with E-state index in [1.165, 1.54) is 6.07 Å². The van der Waals surface area contributed by atoms with Gasteiger partial charge < -0.3 is 10.0 Å². The van der Waals surface area contributed by atoms with Gasteiger partial charge in [-0.3, -0.25) is 0 Å². The molecule has 2 aromatic carbocycles. The highest BCUT2D eigenvalue weighted by atomic mass is 35.5. The van der Waals surface area contributed by atoms with Gasteiger partial charge in [0.05, 0.1) is 5.60 Å². The fraction of sp³-hybridized carbons (Fsp3) is 0.478. The predicted octanol–water partition coefficient (Wildman–Crippen LogP) is 5.64. The lowest BCUT2D eigenvalue weighted by Gasteiger charge is -2.46. The maximum atomic E-state index is 14.6. The van der Waals surface area contributed by atoms with Crippen LogP contribution in [0.3, 0.4) is 0 Å². The van der Waals surface area contributed by atoms with Crippen LogP contribution in [0.1, 0.15) is 49.3 Å². The monoisotopic (exact) mass is 389 g/mol. The standard InChI is InChI=1S/C23H29ClFNO/c1-26(2)22(18-10-4-6-13-21(18)25)19-11-7-8-15-23(19,27)16-14-17-9-3-5-12-20(17)24/h3-6,9-10,12-13,19,22,27H,7-8,11,14-16H2,1-2H3. The molecule has 1 aliphatic rings. The van der Waals surface area contributed by atoms with Gasteiger partial charge in [0.15, 0.2) is 0 Å². The summed E-state index contributed by atoms with van der Waals surface area (Å²) in [7, 11) is 3.94. The first-order valence-corrected chi connectivity index (χ1v) is 10.2. The van der Waals surface area contributed by atoms with Crippen LogP contribution in [0.2, 0.25) is 5.02 Å². The fourth-order valence-corrected chi connectivity index (χ4v) is 4.86. The van der Waals surface area contributed by atoms with Crippen molar-refractivity contribution in [1.29, 1.82) is 0 Å². The Bertz CT molecular complexity index is 766. The van der Waals surface area contributed by atoms with E-state index in [1.54, 1.807) is 6.07 Å². The second-order valence-electron chi connectivity index (χ2n) is 7.98. The highest BCUT2D eigenvalue weighted by Crippen LogP contribution is 2.46. The van der Waals surface area contributed by atoms with Gasteiger partial charge in [-0.1, -0.05) is 60.8 Å². The van der Waals surface area contributed by atoms with Crippen molar-refractivity contribution in [3.8, 4) is 0 Å². The number of rotatable bonds is 6. The molecular weight excluding hydrogens is 361 g/mol. The van der Waals surface area contributed by atoms with Crippen molar-refractivity contribution in [2.24, 2.45) is 5.92 Å². The first kappa shape index (κ1) is 20.3. The Hall–Kier alpha value is -1.42. The van der Waals surface area contributed by atoms with E-state index in [0.717, 1.165) is 42.7 Å². The zero-order valence-electron chi connectivity index (χ0n) is 16.2. The molecule has 2 aromatic rings. The number of aryl methyl sites for hydroxylation is 1. The third-order valence-electron chi connectivity index (χ3n) is 6.01. The summed E-state index contributed by atoms with van der Waals surface area (Å²) in [6.07, 6.45) is 5.09. The SMILES string of the molecule is CN(C)C(c1ccccc1F)C1CCCCC1(O)CCc1ccccc1Cl. The molecule has 1 saturated carbocycles. The number of hydrogen-bond donors (Lipinski definition) is 1. The Kier molecular flexibility index (Phi) is 6.56. The van der Waals surface area contributed by atoms with Crippen molar-refractivity contribution in [2.45, 2.75) is 50.2 Å². The third kappa shape index (κ3) is 4.53. The topological polar surface area (TPSA) is 23.5 Å². The van der Waals surface area contributed by atoms with Crippen molar-refractivity contribution >= 4 is 11.6 Å². The normalized spacial score (nSPS) is 24.1. The summed E-state index contributed by atoms with van der Waals surface area (Å²) in [6, 6.07) is 14.6. The first-order valence-electron chi connectivity index (χ1n) is 9.79. The van der Waals surface area contributed by atoms with Crippen LogP contribution in [-0.2, 0) is 6.42 Å². The van der Waals surface area contributed by atoms with Crippen LogP contribution in [0.15, 0.2) is 48.5 Å². The molecule has 0 heterocycles. The minimum absolute atomic E-state index is 0.0133. The predicted molar refractivity (Wildman–Crippen MR) is 110 cm³/mol. The van der Waals surface area contributed by atoms with Crippen LogP contribution in [0.5, 0.6) is 0 Å². The van der Waals surface area contributed by atoms with Crippen molar-refractivity contribution in [1.82, 2.24) is 4.90 Å². The van der Waals surface area contributed by atoms with Gasteiger partial charge >= 0.3 is 0 Å². The molecule has 0 saturated heterocycles. The second kappa shape index (κ2) is 8.72. The van der Waals surface area contributed by atoms with Crippen molar-refractivity contribution < 1.29 is 9.50 Å². The molecule has 1 fully saturated rings. The van der Waals surface area contributed by atoms with Gasteiger partial charge in [0.1, 0.15) is 5.82 Å². The number of nitrogens with zero attached hydrogens (tertiary/aromatic N) is 1. The first-order chi connectivity index (χ1) is 12.9. The van der Waals surface area contributed by atoms with Gasteiger partial charge in [-0.25, -0.2) is 4.39 Å². The van der Waals surface area contributed by atoms with Crippen LogP contribution in [-0.4, -0.2) is 29.7 Å². The minimum atomic E-state index is -0.825. The lowest BCUT2D eigenvalue weighted by molar-refractivity contribution is -0.0833. The van der Waals surface area contributed by atoms with Crippen LogP contribution >= 0.6 is 11.6 Å². The number of aliphatic hydroxyl groups is 1. The molecule has 0 bridgehead atoms. The minimum Gasteiger partial charge on any atom is -0.390 e. The second-order valence-corrected chi connectivity index (χ2v) is 8.38. The highest BCUT2D eigenvalue weighted by Gasteiger charge is 2.44. The zero-order chi connectivity index (χ0) is 19.4. The van der Waals surface area contributed by atoms with Crippen molar-refractivity contribution in [3.63, 3.8) is 0 Å². The highest BCUT2D eigenvalue weighted by molar-refractivity contribution is 6.31. The van der Waals surface area contributed by atoms with Gasteiger partial charge in [0.25, 0.3) is 0 Å². The molecule has 0 amide bonds. The van der Waals surface area contributed by atoms with E-state index < -0.39 is 5.60 Å². The van der Waals surface area contributed by atoms with Crippen LogP contribution in [0, 0.1) is 11.7 Å². The molecule has 3 unspecified atom stereocenters. The Labute approximate surface area is 167 Å². The summed E-state index contributed by atoms with van der Waals surface area (Å²) in [5, 5.41) is 12.4. The number of halogens is 2. The van der Waals surface area contributed by atoms with E-state index in [-0.39, 0.29) is 17.8 Å². The van der Waals surface area contributed by atoms with E-state index in [2.05, 4.69) is 4.90 Å². The summed E-state index contributed by atoms with van der Waals surface area (Å²) >= 11 is 6.31. The Balaban J connectivity index is 1.88. The van der Waals surface area contributed by atoms with Crippen molar-refractivity contribution in [2.75, 3.05) is 14.1 Å². The average molecular weight is 390 g/mol. The zero-order valence-corrected chi connectivity index (χ0v) is 16.9. The van der Waals surface area contributed by atoms with E-state index in [1.807, 2.05) is 50.5 Å². The molecular formula is C23H29ClFNO. The molecule has 0 aliphatic heterocycles. The van der Waals surface area contributed by atoms with Gasteiger partial charge in [0, 0.05) is 22.5 Å². The molecule has 1 aliphatic carbocycles. The molecule has 0 spiro atoms. The molecule has 2 nitrogen and oxygen atoms in total. The van der Waals surface area contributed by atoms with Gasteiger partial charge in [-0.2, -0.15) is 0 Å². The lowest BCUT2D eigenvalue weighted by atomic mass is 9.67.